The van der Waals surface area contributed by atoms with Crippen molar-refractivity contribution in [2.45, 2.75) is 46.4 Å². The van der Waals surface area contributed by atoms with Crippen LogP contribution in [0.25, 0.3) is 0 Å². The van der Waals surface area contributed by atoms with Crippen LogP contribution >= 0.6 is 0 Å². The minimum absolute atomic E-state index is 0.0485. The standard InChI is InChI=1S/C11H17NO2S.C2H6/c1-9(2)12-15(13,14)8-11-6-4-5-10(3)7-11;1-2/h4-7,9,12H,8H2,1-3H3;1-2H3. The molecule has 0 aliphatic carbocycles. The summed E-state index contributed by atoms with van der Waals surface area (Å²) in [6.07, 6.45) is 0. The summed E-state index contributed by atoms with van der Waals surface area (Å²) in [6.45, 7) is 9.58. The highest BCUT2D eigenvalue weighted by Crippen LogP contribution is 2.07. The largest absolute Gasteiger partial charge is 0.216 e. The second-order valence-corrected chi connectivity index (χ2v) is 5.77. The Labute approximate surface area is 105 Å². The maximum atomic E-state index is 11.6. The van der Waals surface area contributed by atoms with Gasteiger partial charge in [0.25, 0.3) is 0 Å². The molecule has 0 spiro atoms. The molecule has 0 bridgehead atoms. The SMILES string of the molecule is CC.Cc1cccc(CS(=O)(=O)NC(C)C)c1. The number of sulfonamides is 1. The molecule has 0 heterocycles. The van der Waals surface area contributed by atoms with Crippen molar-refractivity contribution >= 4 is 10.0 Å². The van der Waals surface area contributed by atoms with Crippen LogP contribution in [0.4, 0.5) is 0 Å². The highest BCUT2D eigenvalue weighted by Gasteiger charge is 2.12. The summed E-state index contributed by atoms with van der Waals surface area (Å²) in [4.78, 5) is 0. The van der Waals surface area contributed by atoms with Gasteiger partial charge in [-0.2, -0.15) is 0 Å². The predicted octanol–water partition coefficient (Wildman–Crippen LogP) is 2.85. The highest BCUT2D eigenvalue weighted by molar-refractivity contribution is 7.88. The van der Waals surface area contributed by atoms with Gasteiger partial charge in [-0.05, 0) is 26.3 Å². The Morgan fingerprint density at radius 3 is 2.29 bits per heavy atom. The molecular formula is C13H23NO2S. The summed E-state index contributed by atoms with van der Waals surface area (Å²) in [6, 6.07) is 7.48. The number of nitrogens with one attached hydrogen (secondary N) is 1. The summed E-state index contributed by atoms with van der Waals surface area (Å²) in [5.41, 5.74) is 1.90. The van der Waals surface area contributed by atoms with Crippen LogP contribution in [0.3, 0.4) is 0 Å². The topological polar surface area (TPSA) is 46.2 Å². The average Bonchev–Trinajstić information content (AvgIpc) is 2.17. The zero-order valence-corrected chi connectivity index (χ0v) is 12.1. The van der Waals surface area contributed by atoms with Crippen LogP contribution in [-0.4, -0.2) is 14.5 Å². The van der Waals surface area contributed by atoms with E-state index in [0.717, 1.165) is 11.1 Å². The molecule has 0 saturated heterocycles. The third-order valence-electron chi connectivity index (χ3n) is 1.85. The number of aryl methyl sites for hydroxylation is 1. The minimum atomic E-state index is -3.20. The van der Waals surface area contributed by atoms with Crippen molar-refractivity contribution in [3.8, 4) is 0 Å². The molecule has 0 fully saturated rings. The fraction of sp³-hybridized carbons (Fsp3) is 0.538. The molecular weight excluding hydrogens is 234 g/mol. The molecule has 1 N–H and O–H groups in total. The quantitative estimate of drug-likeness (QED) is 0.901. The van der Waals surface area contributed by atoms with Crippen molar-refractivity contribution in [1.29, 1.82) is 0 Å². The summed E-state index contributed by atoms with van der Waals surface area (Å²) >= 11 is 0. The third-order valence-corrected chi connectivity index (χ3v) is 3.40. The molecule has 1 aromatic carbocycles. The van der Waals surface area contributed by atoms with Gasteiger partial charge in [-0.15, -0.1) is 0 Å². The van der Waals surface area contributed by atoms with Gasteiger partial charge in [0, 0.05) is 6.04 Å². The van der Waals surface area contributed by atoms with Gasteiger partial charge >= 0.3 is 0 Å². The van der Waals surface area contributed by atoms with E-state index in [0.29, 0.717) is 0 Å². The molecule has 0 unspecified atom stereocenters. The molecule has 0 saturated carbocycles. The van der Waals surface area contributed by atoms with Crippen LogP contribution in [0.15, 0.2) is 24.3 Å². The summed E-state index contributed by atoms with van der Waals surface area (Å²) in [7, 11) is -3.20. The molecule has 0 radical (unpaired) electrons. The molecule has 1 aromatic rings. The molecule has 98 valence electrons. The Morgan fingerprint density at radius 2 is 1.82 bits per heavy atom. The second-order valence-electron chi connectivity index (χ2n) is 4.02. The van der Waals surface area contributed by atoms with Crippen LogP contribution in [0.2, 0.25) is 0 Å². The summed E-state index contributed by atoms with van der Waals surface area (Å²) in [5.74, 6) is 0.0485. The van der Waals surface area contributed by atoms with Gasteiger partial charge in [0.05, 0.1) is 5.75 Å². The van der Waals surface area contributed by atoms with Gasteiger partial charge in [-0.25, -0.2) is 13.1 Å². The molecule has 0 aliphatic rings. The first-order valence-corrected chi connectivity index (χ1v) is 7.60. The van der Waals surface area contributed by atoms with Crippen LogP contribution in [0.5, 0.6) is 0 Å². The van der Waals surface area contributed by atoms with Gasteiger partial charge in [0.15, 0.2) is 0 Å². The molecule has 0 aliphatic heterocycles. The van der Waals surface area contributed by atoms with Crippen LogP contribution in [0.1, 0.15) is 38.8 Å². The first kappa shape index (κ1) is 16.1. The van der Waals surface area contributed by atoms with E-state index in [4.69, 9.17) is 0 Å². The highest BCUT2D eigenvalue weighted by atomic mass is 32.2. The van der Waals surface area contributed by atoms with Crippen molar-refractivity contribution in [2.24, 2.45) is 0 Å². The first-order valence-electron chi connectivity index (χ1n) is 5.94. The molecule has 17 heavy (non-hydrogen) atoms. The van der Waals surface area contributed by atoms with E-state index in [-0.39, 0.29) is 11.8 Å². The Morgan fingerprint density at radius 1 is 1.24 bits per heavy atom. The molecule has 0 aromatic heterocycles. The Balaban J connectivity index is 0.00000121. The predicted molar refractivity (Wildman–Crippen MR) is 73.4 cm³/mol. The monoisotopic (exact) mass is 257 g/mol. The van der Waals surface area contributed by atoms with Gasteiger partial charge in [-0.1, -0.05) is 43.7 Å². The van der Waals surface area contributed by atoms with Crippen LogP contribution in [0, 0.1) is 6.92 Å². The van der Waals surface area contributed by atoms with E-state index in [1.165, 1.54) is 0 Å². The molecule has 1 rings (SSSR count). The molecule has 3 nitrogen and oxygen atoms in total. The third kappa shape index (κ3) is 7.13. The van der Waals surface area contributed by atoms with E-state index < -0.39 is 10.0 Å². The first-order chi connectivity index (χ1) is 7.89. The Hall–Kier alpha value is -0.870. The van der Waals surface area contributed by atoms with E-state index in [9.17, 15) is 8.42 Å². The number of rotatable bonds is 4. The zero-order valence-electron chi connectivity index (χ0n) is 11.3. The zero-order chi connectivity index (χ0) is 13.5. The van der Waals surface area contributed by atoms with Gasteiger partial charge < -0.3 is 0 Å². The summed E-state index contributed by atoms with van der Waals surface area (Å²) < 4.78 is 25.8. The van der Waals surface area contributed by atoms with Crippen molar-refractivity contribution < 1.29 is 8.42 Å². The normalized spacial score (nSPS) is 10.9. The number of hydrogen-bond acceptors (Lipinski definition) is 2. The van der Waals surface area contributed by atoms with E-state index in [1.807, 2.05) is 58.9 Å². The fourth-order valence-electron chi connectivity index (χ4n) is 1.42. The van der Waals surface area contributed by atoms with Crippen LogP contribution < -0.4 is 4.72 Å². The molecule has 4 heteroatoms. The van der Waals surface area contributed by atoms with Crippen LogP contribution in [-0.2, 0) is 15.8 Å². The van der Waals surface area contributed by atoms with E-state index >= 15 is 0 Å². The lowest BCUT2D eigenvalue weighted by Gasteiger charge is -2.09. The fourth-order valence-corrected chi connectivity index (χ4v) is 2.84. The van der Waals surface area contributed by atoms with Gasteiger partial charge in [0.1, 0.15) is 0 Å². The van der Waals surface area contributed by atoms with Crippen molar-refractivity contribution in [3.63, 3.8) is 0 Å². The lowest BCUT2D eigenvalue weighted by Crippen LogP contribution is -2.31. The maximum Gasteiger partial charge on any atom is 0.216 e. The Kier molecular flexibility index (Phi) is 7.07. The van der Waals surface area contributed by atoms with E-state index in [2.05, 4.69) is 4.72 Å². The molecule has 0 atom stereocenters. The van der Waals surface area contributed by atoms with Gasteiger partial charge in [-0.3, -0.25) is 0 Å². The number of benzene rings is 1. The summed E-state index contributed by atoms with van der Waals surface area (Å²) in [5, 5.41) is 0. The number of hydrogen-bond donors (Lipinski definition) is 1. The van der Waals surface area contributed by atoms with Crippen molar-refractivity contribution in [1.82, 2.24) is 4.72 Å². The smallest absolute Gasteiger partial charge is 0.212 e. The van der Waals surface area contributed by atoms with Crippen molar-refractivity contribution in [2.75, 3.05) is 0 Å². The van der Waals surface area contributed by atoms with E-state index in [1.54, 1.807) is 0 Å². The second kappa shape index (κ2) is 7.45. The van der Waals surface area contributed by atoms with Gasteiger partial charge in [0.2, 0.25) is 10.0 Å². The maximum absolute atomic E-state index is 11.6. The lowest BCUT2D eigenvalue weighted by molar-refractivity contribution is 0.569. The average molecular weight is 257 g/mol. The Bertz CT molecular complexity index is 425. The lowest BCUT2D eigenvalue weighted by atomic mass is 10.2. The minimum Gasteiger partial charge on any atom is -0.212 e. The molecule has 0 amide bonds. The van der Waals surface area contributed by atoms with Crippen molar-refractivity contribution in [3.05, 3.63) is 35.4 Å².